The average molecular weight is 451 g/mol. The van der Waals surface area contributed by atoms with Crippen LogP contribution in [0, 0.1) is 5.92 Å². The Bertz CT molecular complexity index is 972. The van der Waals surface area contributed by atoms with E-state index in [1.54, 1.807) is 41.2 Å². The Labute approximate surface area is 194 Å². The van der Waals surface area contributed by atoms with Gasteiger partial charge in [0.1, 0.15) is 5.75 Å². The molecule has 0 aromatic heterocycles. The van der Waals surface area contributed by atoms with Crippen molar-refractivity contribution in [1.29, 1.82) is 0 Å². The number of nitrogens with one attached hydrogen (secondary N) is 1. The van der Waals surface area contributed by atoms with E-state index in [-0.39, 0.29) is 30.7 Å². The van der Waals surface area contributed by atoms with Crippen molar-refractivity contribution in [3.8, 4) is 5.75 Å². The number of ether oxygens (including phenoxy) is 1. The third kappa shape index (κ3) is 5.70. The van der Waals surface area contributed by atoms with Crippen LogP contribution in [0.3, 0.4) is 0 Å². The van der Waals surface area contributed by atoms with Gasteiger partial charge in [-0.25, -0.2) is 0 Å². The first-order valence-corrected chi connectivity index (χ1v) is 11.3. The van der Waals surface area contributed by atoms with Gasteiger partial charge in [0.05, 0.1) is 19.6 Å². The zero-order valence-corrected chi connectivity index (χ0v) is 18.9. The summed E-state index contributed by atoms with van der Waals surface area (Å²) < 4.78 is 5.15. The first-order valence-electron chi connectivity index (χ1n) is 11.3. The van der Waals surface area contributed by atoms with Crippen molar-refractivity contribution in [3.05, 3.63) is 60.2 Å². The maximum atomic E-state index is 12.6. The van der Waals surface area contributed by atoms with Gasteiger partial charge in [-0.1, -0.05) is 30.3 Å². The number of hydrogen-bond acceptors (Lipinski definition) is 5. The highest BCUT2D eigenvalue weighted by Gasteiger charge is 2.35. The van der Waals surface area contributed by atoms with E-state index in [0.717, 1.165) is 25.3 Å². The Balaban J connectivity index is 1.21. The third-order valence-corrected chi connectivity index (χ3v) is 6.27. The summed E-state index contributed by atoms with van der Waals surface area (Å²) in [6, 6.07) is 17.5. The van der Waals surface area contributed by atoms with Gasteiger partial charge in [0.2, 0.25) is 17.7 Å². The monoisotopic (exact) mass is 450 g/mol. The van der Waals surface area contributed by atoms with Crippen LogP contribution in [0.2, 0.25) is 0 Å². The molecule has 2 aromatic carbocycles. The second kappa shape index (κ2) is 10.5. The van der Waals surface area contributed by atoms with Crippen LogP contribution in [0.15, 0.2) is 54.6 Å². The fraction of sp³-hybridized carbons (Fsp3) is 0.400. The highest BCUT2D eigenvalue weighted by molar-refractivity contribution is 6.00. The molecule has 2 heterocycles. The zero-order chi connectivity index (χ0) is 23.2. The molecule has 0 aliphatic carbocycles. The van der Waals surface area contributed by atoms with Crippen LogP contribution < -0.4 is 15.0 Å². The molecule has 0 spiro atoms. The fourth-order valence-electron chi connectivity index (χ4n) is 4.31. The number of benzene rings is 2. The average Bonchev–Trinajstić information content (AvgIpc) is 3.25. The summed E-state index contributed by atoms with van der Waals surface area (Å²) >= 11 is 0. The first-order chi connectivity index (χ1) is 16.0. The van der Waals surface area contributed by atoms with Crippen molar-refractivity contribution in [1.82, 2.24) is 15.1 Å². The maximum absolute atomic E-state index is 12.6. The minimum Gasteiger partial charge on any atom is -0.497 e. The summed E-state index contributed by atoms with van der Waals surface area (Å²) in [4.78, 5) is 43.4. The first kappa shape index (κ1) is 22.8. The number of methoxy groups -OCH3 is 1. The Kier molecular flexibility index (Phi) is 7.24. The molecule has 3 amide bonds. The van der Waals surface area contributed by atoms with Crippen LogP contribution in [0.25, 0.3) is 0 Å². The van der Waals surface area contributed by atoms with Crippen molar-refractivity contribution in [2.24, 2.45) is 5.92 Å². The van der Waals surface area contributed by atoms with Gasteiger partial charge in [0, 0.05) is 51.4 Å². The van der Waals surface area contributed by atoms with E-state index in [4.69, 9.17) is 4.74 Å². The van der Waals surface area contributed by atoms with E-state index in [0.29, 0.717) is 25.4 Å². The molecule has 2 aromatic rings. The van der Waals surface area contributed by atoms with E-state index in [2.05, 4.69) is 22.3 Å². The number of carbonyl (C=O) groups is 3. The Hall–Kier alpha value is -3.39. The molecule has 2 saturated heterocycles. The van der Waals surface area contributed by atoms with E-state index in [9.17, 15) is 14.4 Å². The molecule has 2 fully saturated rings. The van der Waals surface area contributed by atoms with Gasteiger partial charge in [-0.05, 0) is 29.8 Å². The van der Waals surface area contributed by atoms with E-state index >= 15 is 0 Å². The molecule has 1 unspecified atom stereocenters. The summed E-state index contributed by atoms with van der Waals surface area (Å²) in [5.41, 5.74) is 2.00. The summed E-state index contributed by atoms with van der Waals surface area (Å²) in [7, 11) is 1.59. The topological polar surface area (TPSA) is 82.2 Å². The fourth-order valence-corrected chi connectivity index (χ4v) is 4.31. The van der Waals surface area contributed by atoms with Crippen molar-refractivity contribution < 1.29 is 19.1 Å². The molecule has 0 saturated carbocycles. The van der Waals surface area contributed by atoms with Gasteiger partial charge in [-0.2, -0.15) is 0 Å². The van der Waals surface area contributed by atoms with Crippen molar-refractivity contribution in [2.45, 2.75) is 13.0 Å². The Morgan fingerprint density at radius 1 is 1.00 bits per heavy atom. The maximum Gasteiger partial charge on any atom is 0.242 e. The van der Waals surface area contributed by atoms with Gasteiger partial charge in [-0.3, -0.25) is 19.3 Å². The molecule has 1 atom stereocenters. The van der Waals surface area contributed by atoms with Crippen molar-refractivity contribution >= 4 is 23.4 Å². The van der Waals surface area contributed by atoms with Crippen LogP contribution in [-0.4, -0.2) is 73.9 Å². The second-order valence-corrected chi connectivity index (χ2v) is 8.46. The molecule has 4 rings (SSSR count). The molecule has 33 heavy (non-hydrogen) atoms. The minimum atomic E-state index is -0.463. The van der Waals surface area contributed by atoms with E-state index < -0.39 is 5.92 Å². The third-order valence-electron chi connectivity index (χ3n) is 6.27. The summed E-state index contributed by atoms with van der Waals surface area (Å²) in [5, 5.41) is 2.74. The predicted molar refractivity (Wildman–Crippen MR) is 125 cm³/mol. The molecule has 0 bridgehead atoms. The molecule has 174 valence electrons. The van der Waals surface area contributed by atoms with Gasteiger partial charge in [0.25, 0.3) is 0 Å². The highest BCUT2D eigenvalue weighted by Crippen LogP contribution is 2.26. The summed E-state index contributed by atoms with van der Waals surface area (Å²) in [6.07, 6.45) is 0.143. The normalized spacial score (nSPS) is 18.9. The smallest absolute Gasteiger partial charge is 0.242 e. The zero-order valence-electron chi connectivity index (χ0n) is 18.9. The Morgan fingerprint density at radius 2 is 1.70 bits per heavy atom. The van der Waals surface area contributed by atoms with Crippen LogP contribution in [-0.2, 0) is 20.9 Å². The van der Waals surface area contributed by atoms with Gasteiger partial charge in [-0.15, -0.1) is 0 Å². The molecule has 1 N–H and O–H groups in total. The largest absolute Gasteiger partial charge is 0.497 e. The molecular weight excluding hydrogens is 420 g/mol. The summed E-state index contributed by atoms with van der Waals surface area (Å²) in [5.74, 6) is -0.190. The number of amides is 3. The second-order valence-electron chi connectivity index (χ2n) is 8.46. The molecule has 8 heteroatoms. The Morgan fingerprint density at radius 3 is 2.36 bits per heavy atom. The van der Waals surface area contributed by atoms with E-state index in [1.807, 2.05) is 18.2 Å². The quantitative estimate of drug-likeness (QED) is 0.692. The number of hydrogen-bond donors (Lipinski definition) is 1. The predicted octanol–water partition coefficient (Wildman–Crippen LogP) is 1.51. The summed E-state index contributed by atoms with van der Waals surface area (Å²) in [6.45, 7) is 4.06. The molecule has 2 aliphatic heterocycles. The lowest BCUT2D eigenvalue weighted by Crippen LogP contribution is -2.51. The van der Waals surface area contributed by atoms with Crippen molar-refractivity contribution in [3.63, 3.8) is 0 Å². The highest BCUT2D eigenvalue weighted by atomic mass is 16.5. The number of rotatable bonds is 7. The molecular formula is C25H30N4O4. The van der Waals surface area contributed by atoms with Crippen LogP contribution >= 0.6 is 0 Å². The number of carbonyl (C=O) groups excluding carboxylic acids is 3. The van der Waals surface area contributed by atoms with E-state index in [1.165, 1.54) is 5.56 Å². The standard InChI is InChI=1S/C25H30N4O4/c1-33-22-9-7-21(8-10-22)29-18-20(15-23(29)30)25(32)26-16-24(31)28-13-11-27(12-14-28)17-19-5-3-2-4-6-19/h2-10,20H,11-18H2,1H3,(H,26,32). The lowest BCUT2D eigenvalue weighted by Gasteiger charge is -2.34. The van der Waals surface area contributed by atoms with Crippen LogP contribution in [0.5, 0.6) is 5.75 Å². The number of piperazine rings is 1. The lowest BCUT2D eigenvalue weighted by molar-refractivity contribution is -0.135. The number of anilines is 1. The van der Waals surface area contributed by atoms with Gasteiger partial charge < -0.3 is 19.9 Å². The van der Waals surface area contributed by atoms with Crippen LogP contribution in [0.1, 0.15) is 12.0 Å². The van der Waals surface area contributed by atoms with Gasteiger partial charge in [0.15, 0.2) is 0 Å². The SMILES string of the molecule is COc1ccc(N2CC(C(=O)NCC(=O)N3CCN(Cc4ccccc4)CC3)CC2=O)cc1. The molecule has 8 nitrogen and oxygen atoms in total. The van der Waals surface area contributed by atoms with Gasteiger partial charge >= 0.3 is 0 Å². The van der Waals surface area contributed by atoms with Crippen molar-refractivity contribution in [2.75, 3.05) is 51.3 Å². The lowest BCUT2D eigenvalue weighted by atomic mass is 10.1. The molecule has 2 aliphatic rings. The minimum absolute atomic E-state index is 0.0370. The molecule has 0 radical (unpaired) electrons. The number of nitrogens with zero attached hydrogens (tertiary/aromatic N) is 3. The van der Waals surface area contributed by atoms with Crippen LogP contribution in [0.4, 0.5) is 5.69 Å².